The second-order valence-corrected chi connectivity index (χ2v) is 5.88. The number of nitrogens with one attached hydrogen (secondary N) is 2. The number of thioether (sulfide) groups is 1. The first-order chi connectivity index (χ1) is 9.12. The SMILES string of the molecule is CCNc1nc(CC)nc(NCCC(C)SC)c1C. The van der Waals surface area contributed by atoms with Gasteiger partial charge in [0.05, 0.1) is 0 Å². The Morgan fingerprint density at radius 1 is 1.16 bits per heavy atom. The fourth-order valence-electron chi connectivity index (χ4n) is 1.74. The molecule has 0 amide bonds. The van der Waals surface area contributed by atoms with Crippen LogP contribution in [0.3, 0.4) is 0 Å². The van der Waals surface area contributed by atoms with E-state index in [2.05, 4.69) is 54.6 Å². The third-order valence-corrected chi connectivity index (χ3v) is 4.14. The van der Waals surface area contributed by atoms with Crippen LogP contribution in [0.2, 0.25) is 0 Å². The normalized spacial score (nSPS) is 12.3. The van der Waals surface area contributed by atoms with E-state index in [-0.39, 0.29) is 0 Å². The lowest BCUT2D eigenvalue weighted by molar-refractivity contribution is 0.841. The molecule has 1 unspecified atom stereocenters. The van der Waals surface area contributed by atoms with Gasteiger partial charge in [0.2, 0.25) is 0 Å². The molecule has 0 saturated carbocycles. The average molecular weight is 282 g/mol. The fraction of sp³-hybridized carbons (Fsp3) is 0.714. The Morgan fingerprint density at radius 3 is 2.32 bits per heavy atom. The molecule has 0 aromatic carbocycles. The van der Waals surface area contributed by atoms with E-state index < -0.39 is 0 Å². The van der Waals surface area contributed by atoms with Crippen molar-refractivity contribution in [1.29, 1.82) is 0 Å². The molecule has 0 aliphatic carbocycles. The smallest absolute Gasteiger partial charge is 0.134 e. The van der Waals surface area contributed by atoms with E-state index >= 15 is 0 Å². The van der Waals surface area contributed by atoms with Gasteiger partial charge in [0.1, 0.15) is 17.5 Å². The lowest BCUT2D eigenvalue weighted by atomic mass is 10.2. The Morgan fingerprint density at radius 2 is 1.79 bits per heavy atom. The number of rotatable bonds is 8. The van der Waals surface area contributed by atoms with E-state index in [1.165, 1.54) is 0 Å². The maximum Gasteiger partial charge on any atom is 0.134 e. The Balaban J connectivity index is 2.77. The van der Waals surface area contributed by atoms with E-state index in [9.17, 15) is 0 Å². The third kappa shape index (κ3) is 4.90. The minimum absolute atomic E-state index is 0.675. The van der Waals surface area contributed by atoms with Crippen molar-refractivity contribution in [2.24, 2.45) is 0 Å². The summed E-state index contributed by atoms with van der Waals surface area (Å²) in [6.45, 7) is 10.3. The second kappa shape index (κ2) is 8.25. The number of nitrogens with zero attached hydrogens (tertiary/aromatic N) is 2. The van der Waals surface area contributed by atoms with Crippen LogP contribution >= 0.6 is 11.8 Å². The zero-order valence-electron chi connectivity index (χ0n) is 12.7. The van der Waals surface area contributed by atoms with Gasteiger partial charge in [-0.15, -0.1) is 0 Å². The predicted molar refractivity (Wildman–Crippen MR) is 86.4 cm³/mol. The van der Waals surface area contributed by atoms with Crippen LogP contribution in [0.5, 0.6) is 0 Å². The summed E-state index contributed by atoms with van der Waals surface area (Å²) in [6.07, 6.45) is 4.15. The van der Waals surface area contributed by atoms with E-state index in [1.807, 2.05) is 11.8 Å². The zero-order valence-corrected chi connectivity index (χ0v) is 13.5. The van der Waals surface area contributed by atoms with Crippen LogP contribution in [-0.4, -0.2) is 34.6 Å². The van der Waals surface area contributed by atoms with Crippen LogP contribution in [-0.2, 0) is 6.42 Å². The molecule has 19 heavy (non-hydrogen) atoms. The van der Waals surface area contributed by atoms with Gasteiger partial charge in [0.15, 0.2) is 0 Å². The van der Waals surface area contributed by atoms with E-state index in [0.717, 1.165) is 49.0 Å². The van der Waals surface area contributed by atoms with Crippen molar-refractivity contribution >= 4 is 23.4 Å². The first-order valence-corrected chi connectivity index (χ1v) is 8.29. The summed E-state index contributed by atoms with van der Waals surface area (Å²) in [6, 6.07) is 0. The van der Waals surface area contributed by atoms with Gasteiger partial charge in [0.25, 0.3) is 0 Å². The molecule has 1 aromatic heterocycles. The predicted octanol–water partition coefficient (Wildman–Crippen LogP) is 3.33. The van der Waals surface area contributed by atoms with Gasteiger partial charge in [-0.25, -0.2) is 9.97 Å². The van der Waals surface area contributed by atoms with Gasteiger partial charge < -0.3 is 10.6 Å². The third-order valence-electron chi connectivity index (χ3n) is 3.10. The van der Waals surface area contributed by atoms with Gasteiger partial charge in [-0.3, -0.25) is 0 Å². The number of aromatic nitrogens is 2. The minimum Gasteiger partial charge on any atom is -0.370 e. The number of anilines is 2. The first kappa shape index (κ1) is 16.1. The molecule has 2 N–H and O–H groups in total. The van der Waals surface area contributed by atoms with Crippen LogP contribution in [0.4, 0.5) is 11.6 Å². The average Bonchev–Trinajstić information content (AvgIpc) is 2.42. The topological polar surface area (TPSA) is 49.8 Å². The number of hydrogen-bond acceptors (Lipinski definition) is 5. The van der Waals surface area contributed by atoms with Gasteiger partial charge >= 0.3 is 0 Å². The summed E-state index contributed by atoms with van der Waals surface area (Å²) < 4.78 is 0. The molecule has 0 fully saturated rings. The highest BCUT2D eigenvalue weighted by Gasteiger charge is 2.09. The lowest BCUT2D eigenvalue weighted by Gasteiger charge is -2.15. The monoisotopic (exact) mass is 282 g/mol. The standard InChI is InChI=1S/C14H26N4S/c1-6-12-17-13(15-7-2)11(4)14(18-12)16-9-8-10(3)19-5/h10H,6-9H2,1-5H3,(H2,15,16,17,18). The molecule has 0 aliphatic rings. The van der Waals surface area contributed by atoms with Crippen molar-refractivity contribution in [3.8, 4) is 0 Å². The molecule has 1 rings (SSSR count). The quantitative estimate of drug-likeness (QED) is 0.766. The Hall–Kier alpha value is -0.970. The molecular weight excluding hydrogens is 256 g/mol. The maximum atomic E-state index is 4.59. The first-order valence-electron chi connectivity index (χ1n) is 7.00. The van der Waals surface area contributed by atoms with Crippen LogP contribution in [0.25, 0.3) is 0 Å². The van der Waals surface area contributed by atoms with Crippen LogP contribution in [0.15, 0.2) is 0 Å². The van der Waals surface area contributed by atoms with Gasteiger partial charge in [-0.2, -0.15) is 11.8 Å². The Bertz CT molecular complexity index is 395. The van der Waals surface area contributed by atoms with Gasteiger partial charge in [-0.05, 0) is 26.5 Å². The Labute approximate surface area is 121 Å². The molecule has 0 saturated heterocycles. The summed E-state index contributed by atoms with van der Waals surface area (Å²) in [5.74, 6) is 2.81. The summed E-state index contributed by atoms with van der Waals surface area (Å²) in [5.41, 5.74) is 1.11. The highest BCUT2D eigenvalue weighted by molar-refractivity contribution is 7.99. The number of hydrogen-bond donors (Lipinski definition) is 2. The molecule has 5 heteroatoms. The highest BCUT2D eigenvalue weighted by Crippen LogP contribution is 2.20. The molecule has 0 aliphatic heterocycles. The van der Waals surface area contributed by atoms with Crippen molar-refractivity contribution in [2.75, 3.05) is 30.0 Å². The molecule has 1 atom stereocenters. The molecule has 1 aromatic rings. The van der Waals surface area contributed by atoms with Crippen molar-refractivity contribution in [1.82, 2.24) is 9.97 Å². The van der Waals surface area contributed by atoms with Crippen LogP contribution in [0, 0.1) is 6.92 Å². The van der Waals surface area contributed by atoms with Gasteiger partial charge in [-0.1, -0.05) is 13.8 Å². The van der Waals surface area contributed by atoms with Crippen LogP contribution in [0.1, 0.15) is 38.6 Å². The minimum atomic E-state index is 0.675. The van der Waals surface area contributed by atoms with E-state index in [4.69, 9.17) is 0 Å². The summed E-state index contributed by atoms with van der Waals surface area (Å²) in [4.78, 5) is 9.12. The zero-order chi connectivity index (χ0) is 14.3. The number of aryl methyl sites for hydroxylation is 1. The summed E-state index contributed by atoms with van der Waals surface area (Å²) in [7, 11) is 0. The second-order valence-electron chi connectivity index (χ2n) is 4.61. The molecular formula is C14H26N4S. The maximum absolute atomic E-state index is 4.59. The lowest BCUT2D eigenvalue weighted by Crippen LogP contribution is -2.13. The molecule has 108 valence electrons. The summed E-state index contributed by atoms with van der Waals surface area (Å²) >= 11 is 1.90. The highest BCUT2D eigenvalue weighted by atomic mass is 32.2. The summed E-state index contributed by atoms with van der Waals surface area (Å²) in [5, 5.41) is 7.43. The molecule has 0 radical (unpaired) electrons. The van der Waals surface area contributed by atoms with Crippen molar-refractivity contribution < 1.29 is 0 Å². The fourth-order valence-corrected chi connectivity index (χ4v) is 2.10. The Kier molecular flexibility index (Phi) is 6.99. The molecule has 0 spiro atoms. The van der Waals surface area contributed by atoms with Crippen LogP contribution < -0.4 is 10.6 Å². The molecule has 0 bridgehead atoms. The van der Waals surface area contributed by atoms with Crippen molar-refractivity contribution in [3.63, 3.8) is 0 Å². The van der Waals surface area contributed by atoms with E-state index in [1.54, 1.807) is 0 Å². The van der Waals surface area contributed by atoms with E-state index in [0.29, 0.717) is 5.25 Å². The molecule has 1 heterocycles. The van der Waals surface area contributed by atoms with Crippen molar-refractivity contribution in [2.45, 2.75) is 45.8 Å². The molecule has 4 nitrogen and oxygen atoms in total. The van der Waals surface area contributed by atoms with Crippen molar-refractivity contribution in [3.05, 3.63) is 11.4 Å². The van der Waals surface area contributed by atoms with Gasteiger partial charge in [0, 0.05) is 30.3 Å². The largest absolute Gasteiger partial charge is 0.370 e.